The lowest BCUT2D eigenvalue weighted by atomic mass is 9.92. The predicted octanol–water partition coefficient (Wildman–Crippen LogP) is 0.743. The molecule has 0 fully saturated rings. The molecule has 1 rings (SSSR count). The third kappa shape index (κ3) is 2.20. The zero-order valence-electron chi connectivity index (χ0n) is 8.04. The molecule has 0 unspecified atom stereocenters. The van der Waals surface area contributed by atoms with Gasteiger partial charge in [-0.1, -0.05) is 6.07 Å². The van der Waals surface area contributed by atoms with Gasteiger partial charge in [0.2, 0.25) is 0 Å². The third-order valence-corrected chi connectivity index (χ3v) is 2.09. The van der Waals surface area contributed by atoms with Crippen molar-refractivity contribution < 1.29 is 5.11 Å². The Kier molecular flexibility index (Phi) is 2.59. The van der Waals surface area contributed by atoms with Crippen LogP contribution in [0.25, 0.3) is 0 Å². The quantitative estimate of drug-likeness (QED) is 0.588. The van der Waals surface area contributed by atoms with Crippen LogP contribution in [0, 0.1) is 6.92 Å². The van der Waals surface area contributed by atoms with Gasteiger partial charge in [0, 0.05) is 5.69 Å². The minimum Gasteiger partial charge on any atom is -0.399 e. The van der Waals surface area contributed by atoms with Crippen LogP contribution in [0.2, 0.25) is 0 Å². The van der Waals surface area contributed by atoms with Crippen LogP contribution < -0.4 is 11.5 Å². The topological polar surface area (TPSA) is 72.3 Å². The second-order valence-corrected chi connectivity index (χ2v) is 3.71. The molecule has 1 aromatic carbocycles. The van der Waals surface area contributed by atoms with Crippen molar-refractivity contribution in [1.82, 2.24) is 0 Å². The Morgan fingerprint density at radius 3 is 2.46 bits per heavy atom. The Labute approximate surface area is 78.4 Å². The highest BCUT2D eigenvalue weighted by Gasteiger charge is 2.20. The Morgan fingerprint density at radius 2 is 2.00 bits per heavy atom. The van der Waals surface area contributed by atoms with Crippen molar-refractivity contribution in [2.75, 3.05) is 12.3 Å². The van der Waals surface area contributed by atoms with Gasteiger partial charge in [0.05, 0.1) is 12.1 Å². The Balaban J connectivity index is 3.15. The number of aliphatic hydroxyl groups is 1. The largest absolute Gasteiger partial charge is 0.399 e. The summed E-state index contributed by atoms with van der Waals surface area (Å²) in [7, 11) is 0. The van der Waals surface area contributed by atoms with Gasteiger partial charge in [0.15, 0.2) is 0 Å². The molecule has 0 aromatic heterocycles. The van der Waals surface area contributed by atoms with Crippen molar-refractivity contribution in [1.29, 1.82) is 0 Å². The molecule has 0 aliphatic heterocycles. The maximum Gasteiger partial charge on any atom is 0.0650 e. The molecule has 13 heavy (non-hydrogen) atoms. The smallest absolute Gasteiger partial charge is 0.0650 e. The van der Waals surface area contributed by atoms with Gasteiger partial charge in [-0.25, -0.2) is 0 Å². The molecule has 0 saturated carbocycles. The fraction of sp³-hybridized carbons (Fsp3) is 0.400. The summed E-state index contributed by atoms with van der Waals surface area (Å²) < 4.78 is 0. The first-order valence-corrected chi connectivity index (χ1v) is 4.23. The van der Waals surface area contributed by atoms with E-state index in [0.717, 1.165) is 11.1 Å². The van der Waals surface area contributed by atoms with Crippen molar-refractivity contribution in [3.05, 3.63) is 29.3 Å². The van der Waals surface area contributed by atoms with Crippen LogP contribution in [0.1, 0.15) is 18.1 Å². The number of hydrogen-bond acceptors (Lipinski definition) is 3. The Morgan fingerprint density at radius 1 is 1.38 bits per heavy atom. The molecule has 3 nitrogen and oxygen atoms in total. The second kappa shape index (κ2) is 3.36. The van der Waals surface area contributed by atoms with Gasteiger partial charge in [0.1, 0.15) is 0 Å². The first-order chi connectivity index (χ1) is 5.95. The third-order valence-electron chi connectivity index (χ3n) is 2.09. The number of nitrogen functional groups attached to an aromatic ring is 1. The molecule has 72 valence electrons. The van der Waals surface area contributed by atoms with Gasteiger partial charge < -0.3 is 16.6 Å². The van der Waals surface area contributed by atoms with Crippen molar-refractivity contribution in [3.8, 4) is 0 Å². The van der Waals surface area contributed by atoms with Crippen LogP contribution in [-0.4, -0.2) is 11.7 Å². The van der Waals surface area contributed by atoms with E-state index in [0.29, 0.717) is 5.69 Å². The summed E-state index contributed by atoms with van der Waals surface area (Å²) in [4.78, 5) is 0. The molecule has 0 radical (unpaired) electrons. The summed E-state index contributed by atoms with van der Waals surface area (Å²) in [6.07, 6.45) is 0. The van der Waals surface area contributed by atoms with Gasteiger partial charge in [0.25, 0.3) is 0 Å². The Hall–Kier alpha value is -1.06. The average molecular weight is 180 g/mol. The maximum atomic E-state index is 9.06. The summed E-state index contributed by atoms with van der Waals surface area (Å²) in [6, 6.07) is 5.60. The fourth-order valence-electron chi connectivity index (χ4n) is 1.23. The van der Waals surface area contributed by atoms with E-state index in [-0.39, 0.29) is 6.61 Å². The molecule has 1 aromatic rings. The number of nitrogens with two attached hydrogens (primary N) is 2. The number of hydrogen-bond donors (Lipinski definition) is 3. The Bertz CT molecular complexity index is 288. The van der Waals surface area contributed by atoms with Gasteiger partial charge in [-0.05, 0) is 37.1 Å². The molecule has 3 heteroatoms. The van der Waals surface area contributed by atoms with E-state index in [1.165, 1.54) is 0 Å². The van der Waals surface area contributed by atoms with E-state index in [1.807, 2.05) is 19.1 Å². The van der Waals surface area contributed by atoms with E-state index in [2.05, 4.69) is 0 Å². The van der Waals surface area contributed by atoms with Gasteiger partial charge in [-0.3, -0.25) is 0 Å². The molecular formula is C10H16N2O. The molecule has 5 N–H and O–H groups in total. The number of rotatable bonds is 2. The van der Waals surface area contributed by atoms with E-state index in [1.54, 1.807) is 13.0 Å². The molecule has 0 spiro atoms. The van der Waals surface area contributed by atoms with Crippen LogP contribution >= 0.6 is 0 Å². The minimum atomic E-state index is -0.708. The van der Waals surface area contributed by atoms with Gasteiger partial charge in [-0.2, -0.15) is 0 Å². The lowest BCUT2D eigenvalue weighted by molar-refractivity contribution is 0.210. The molecule has 0 saturated heterocycles. The molecular weight excluding hydrogens is 164 g/mol. The van der Waals surface area contributed by atoms with Crippen molar-refractivity contribution in [3.63, 3.8) is 0 Å². The number of aryl methyl sites for hydroxylation is 1. The highest BCUT2D eigenvalue weighted by Crippen LogP contribution is 2.21. The fourth-order valence-corrected chi connectivity index (χ4v) is 1.23. The van der Waals surface area contributed by atoms with Crippen LogP contribution in [-0.2, 0) is 5.54 Å². The minimum absolute atomic E-state index is 0.0874. The van der Waals surface area contributed by atoms with Gasteiger partial charge in [-0.15, -0.1) is 0 Å². The SMILES string of the molecule is Cc1cc(N)cc([C@@](C)(N)CO)c1. The van der Waals surface area contributed by atoms with Crippen molar-refractivity contribution in [2.45, 2.75) is 19.4 Å². The monoisotopic (exact) mass is 180 g/mol. The number of anilines is 1. The molecule has 0 aliphatic rings. The van der Waals surface area contributed by atoms with Crippen LogP contribution in [0.15, 0.2) is 18.2 Å². The molecule has 0 amide bonds. The summed E-state index contributed by atoms with van der Waals surface area (Å²) in [5, 5.41) is 9.06. The van der Waals surface area contributed by atoms with E-state index >= 15 is 0 Å². The van der Waals surface area contributed by atoms with Crippen LogP contribution in [0.5, 0.6) is 0 Å². The average Bonchev–Trinajstić information content (AvgIpc) is 2.02. The zero-order valence-corrected chi connectivity index (χ0v) is 8.04. The first-order valence-electron chi connectivity index (χ1n) is 4.23. The summed E-state index contributed by atoms with van der Waals surface area (Å²) in [6.45, 7) is 3.64. The standard InChI is InChI=1S/C10H16N2O/c1-7-3-8(5-9(11)4-7)10(2,12)6-13/h3-5,13H,6,11-12H2,1-2H3/t10-/m0/s1. The normalized spacial score (nSPS) is 15.4. The molecule has 0 heterocycles. The van der Waals surface area contributed by atoms with E-state index < -0.39 is 5.54 Å². The van der Waals surface area contributed by atoms with E-state index in [4.69, 9.17) is 16.6 Å². The molecule has 1 atom stereocenters. The highest BCUT2D eigenvalue weighted by molar-refractivity contribution is 5.46. The lowest BCUT2D eigenvalue weighted by Crippen LogP contribution is -2.37. The molecule has 0 bridgehead atoms. The number of benzene rings is 1. The number of aliphatic hydroxyl groups excluding tert-OH is 1. The van der Waals surface area contributed by atoms with E-state index in [9.17, 15) is 0 Å². The maximum absolute atomic E-state index is 9.06. The van der Waals surface area contributed by atoms with Crippen LogP contribution in [0.4, 0.5) is 5.69 Å². The van der Waals surface area contributed by atoms with Gasteiger partial charge >= 0.3 is 0 Å². The van der Waals surface area contributed by atoms with Crippen LogP contribution in [0.3, 0.4) is 0 Å². The summed E-state index contributed by atoms with van der Waals surface area (Å²) in [5.74, 6) is 0. The summed E-state index contributed by atoms with van der Waals surface area (Å²) >= 11 is 0. The van der Waals surface area contributed by atoms with Crippen molar-refractivity contribution >= 4 is 5.69 Å². The lowest BCUT2D eigenvalue weighted by Gasteiger charge is -2.23. The van der Waals surface area contributed by atoms with Crippen molar-refractivity contribution in [2.24, 2.45) is 5.73 Å². The second-order valence-electron chi connectivity index (χ2n) is 3.71. The zero-order chi connectivity index (χ0) is 10.1. The predicted molar refractivity (Wildman–Crippen MR) is 54.2 cm³/mol. The first kappa shape index (κ1) is 10.0. The molecule has 0 aliphatic carbocycles. The highest BCUT2D eigenvalue weighted by atomic mass is 16.3. The summed E-state index contributed by atoms with van der Waals surface area (Å²) in [5.41, 5.74) is 13.4.